The van der Waals surface area contributed by atoms with Gasteiger partial charge in [0.15, 0.2) is 4.99 Å². The van der Waals surface area contributed by atoms with Crippen molar-refractivity contribution in [3.05, 3.63) is 66.7 Å². The number of fused-ring (bicyclic) bond motifs is 1. The van der Waals surface area contributed by atoms with E-state index in [0.29, 0.717) is 31.6 Å². The molecule has 1 atom stereocenters. The minimum atomic E-state index is -2.49. The second kappa shape index (κ2) is 10.1. The number of benzene rings is 2. The summed E-state index contributed by atoms with van der Waals surface area (Å²) in [6.07, 6.45) is 7.95. The molecule has 1 aliphatic rings. The average molecular weight is 453 g/mol. The van der Waals surface area contributed by atoms with Gasteiger partial charge in [0.2, 0.25) is 10.3 Å². The van der Waals surface area contributed by atoms with Crippen molar-refractivity contribution >= 4 is 32.0 Å². The molecule has 0 unspecified atom stereocenters. The first-order valence-electron chi connectivity index (χ1n) is 11.1. The Bertz CT molecular complexity index is 1210. The molecule has 1 aliphatic heterocycles. The van der Waals surface area contributed by atoms with Crippen molar-refractivity contribution < 1.29 is 13.2 Å². The lowest BCUT2D eigenvalue weighted by atomic mass is 10.0. The second-order valence-electron chi connectivity index (χ2n) is 8.05. The van der Waals surface area contributed by atoms with Gasteiger partial charge in [-0.2, -0.15) is 8.42 Å². The Kier molecular flexibility index (Phi) is 7.02. The van der Waals surface area contributed by atoms with Crippen LogP contribution in [0.5, 0.6) is 0 Å². The predicted octanol–water partition coefficient (Wildman–Crippen LogP) is 3.06. The standard InChI is InChI=1S/C24H28N4O3S/c1-2-3-11-22-24(32(30)31)28(17-16-27(22)15-14-26-13-12-25-18-26)23(29)21-10-6-8-19-7-4-5-9-20(19)21/h4-10,12-13,18,22H,2-3,11,14-17H2,1H3/t22-/m0/s1. The van der Waals surface area contributed by atoms with Crippen molar-refractivity contribution in [2.75, 3.05) is 19.6 Å². The SMILES string of the molecule is CCCC[C@H]1C(=S(=O)=O)N(C(=O)c2cccc3ccccc23)CCN1CCn1ccnc1. The number of imidazole rings is 1. The first kappa shape index (κ1) is 22.2. The summed E-state index contributed by atoms with van der Waals surface area (Å²) < 4.78 is 26.9. The van der Waals surface area contributed by atoms with Crippen molar-refractivity contribution in [3.63, 3.8) is 0 Å². The summed E-state index contributed by atoms with van der Waals surface area (Å²) in [5.74, 6) is -0.253. The number of nitrogens with zero attached hydrogens (tertiary/aromatic N) is 4. The topological polar surface area (TPSA) is 75.5 Å². The molecule has 0 radical (unpaired) electrons. The zero-order valence-electron chi connectivity index (χ0n) is 18.2. The van der Waals surface area contributed by atoms with Gasteiger partial charge in [-0.15, -0.1) is 0 Å². The van der Waals surface area contributed by atoms with Gasteiger partial charge >= 0.3 is 0 Å². The highest BCUT2D eigenvalue weighted by molar-refractivity contribution is 7.73. The Labute approximate surface area is 189 Å². The number of piperazine rings is 1. The number of carbonyl (C=O) groups excluding carboxylic acids is 1. The molecule has 2 heterocycles. The summed E-state index contributed by atoms with van der Waals surface area (Å²) in [7, 11) is -2.49. The molecule has 1 fully saturated rings. The van der Waals surface area contributed by atoms with Crippen molar-refractivity contribution in [3.8, 4) is 0 Å². The van der Waals surface area contributed by atoms with Crippen molar-refractivity contribution in [2.45, 2.75) is 38.8 Å². The quantitative estimate of drug-likeness (QED) is 0.515. The van der Waals surface area contributed by atoms with Gasteiger partial charge in [0.1, 0.15) is 0 Å². The fourth-order valence-electron chi connectivity index (χ4n) is 4.42. The highest BCUT2D eigenvalue weighted by Crippen LogP contribution is 2.24. The molecule has 0 bridgehead atoms. The molecular weight excluding hydrogens is 424 g/mol. The van der Waals surface area contributed by atoms with Crippen molar-refractivity contribution in [2.24, 2.45) is 0 Å². The van der Waals surface area contributed by atoms with Crippen LogP contribution in [0.2, 0.25) is 0 Å². The van der Waals surface area contributed by atoms with Gasteiger partial charge in [0.25, 0.3) is 5.91 Å². The van der Waals surface area contributed by atoms with E-state index in [-0.39, 0.29) is 16.9 Å². The fraction of sp³-hybridized carbons (Fsp3) is 0.375. The lowest BCUT2D eigenvalue weighted by molar-refractivity contribution is 0.0777. The van der Waals surface area contributed by atoms with Crippen LogP contribution in [-0.4, -0.2) is 64.3 Å². The Morgan fingerprint density at radius 3 is 2.66 bits per heavy atom. The summed E-state index contributed by atoms with van der Waals surface area (Å²) in [5.41, 5.74) is 0.534. The summed E-state index contributed by atoms with van der Waals surface area (Å²) in [6, 6.07) is 13.0. The van der Waals surface area contributed by atoms with Crippen LogP contribution in [0.1, 0.15) is 36.5 Å². The lowest BCUT2D eigenvalue weighted by Gasteiger charge is -2.41. The van der Waals surface area contributed by atoms with E-state index in [1.807, 2.05) is 47.2 Å². The second-order valence-corrected chi connectivity index (χ2v) is 8.94. The van der Waals surface area contributed by atoms with E-state index in [0.717, 1.165) is 30.2 Å². The molecule has 168 valence electrons. The third kappa shape index (κ3) is 4.61. The monoisotopic (exact) mass is 452 g/mol. The summed E-state index contributed by atoms with van der Waals surface area (Å²) in [6.45, 7) is 4.48. The van der Waals surface area contributed by atoms with Gasteiger partial charge in [-0.3, -0.25) is 14.6 Å². The highest BCUT2D eigenvalue weighted by Gasteiger charge is 2.37. The molecular formula is C24H28N4O3S. The Balaban J connectivity index is 1.65. The van der Waals surface area contributed by atoms with Crippen LogP contribution in [0.3, 0.4) is 0 Å². The Morgan fingerprint density at radius 1 is 1.09 bits per heavy atom. The summed E-state index contributed by atoms with van der Waals surface area (Å²) in [5, 5.41) is 1.80. The number of amides is 1. The first-order chi connectivity index (χ1) is 15.6. The van der Waals surface area contributed by atoms with E-state index in [1.54, 1.807) is 18.6 Å². The van der Waals surface area contributed by atoms with E-state index in [2.05, 4.69) is 16.8 Å². The van der Waals surface area contributed by atoms with Crippen LogP contribution >= 0.6 is 0 Å². The fourth-order valence-corrected chi connectivity index (χ4v) is 5.27. The maximum absolute atomic E-state index is 13.6. The molecule has 4 rings (SSSR count). The number of aromatic nitrogens is 2. The van der Waals surface area contributed by atoms with Gasteiger partial charge in [-0.25, -0.2) is 4.98 Å². The lowest BCUT2D eigenvalue weighted by Crippen LogP contribution is -2.59. The number of unbranched alkanes of at least 4 members (excludes halogenated alkanes) is 1. The third-order valence-electron chi connectivity index (χ3n) is 6.07. The molecule has 0 aliphatic carbocycles. The molecule has 0 saturated carbocycles. The van der Waals surface area contributed by atoms with E-state index < -0.39 is 10.3 Å². The van der Waals surface area contributed by atoms with E-state index in [4.69, 9.17) is 0 Å². The molecule has 0 N–H and O–H groups in total. The first-order valence-corrected chi connectivity index (χ1v) is 12.1. The van der Waals surface area contributed by atoms with E-state index in [1.165, 1.54) is 4.90 Å². The largest absolute Gasteiger partial charge is 0.336 e. The summed E-state index contributed by atoms with van der Waals surface area (Å²) in [4.78, 5) is 21.5. The number of hydrogen-bond acceptors (Lipinski definition) is 5. The van der Waals surface area contributed by atoms with E-state index in [9.17, 15) is 13.2 Å². The van der Waals surface area contributed by atoms with Crippen LogP contribution in [0.25, 0.3) is 10.8 Å². The molecule has 2 aromatic carbocycles. The number of hydrogen-bond donors (Lipinski definition) is 0. The third-order valence-corrected chi connectivity index (χ3v) is 6.91. The molecule has 1 aromatic heterocycles. The van der Waals surface area contributed by atoms with Gasteiger partial charge in [0.05, 0.1) is 12.4 Å². The zero-order valence-corrected chi connectivity index (χ0v) is 19.0. The number of rotatable bonds is 7. The Hall–Kier alpha value is -2.97. The van der Waals surface area contributed by atoms with Gasteiger partial charge < -0.3 is 4.57 Å². The van der Waals surface area contributed by atoms with E-state index >= 15 is 0 Å². The molecule has 1 amide bonds. The van der Waals surface area contributed by atoms with Crippen LogP contribution in [0, 0.1) is 0 Å². The van der Waals surface area contributed by atoms with Crippen LogP contribution in [0.15, 0.2) is 61.2 Å². The summed E-state index contributed by atoms with van der Waals surface area (Å²) >= 11 is 0. The van der Waals surface area contributed by atoms with Crippen LogP contribution in [0.4, 0.5) is 0 Å². The van der Waals surface area contributed by atoms with Crippen molar-refractivity contribution in [1.29, 1.82) is 0 Å². The van der Waals surface area contributed by atoms with Gasteiger partial charge in [-0.1, -0.05) is 56.2 Å². The average Bonchev–Trinajstić information content (AvgIpc) is 3.34. The predicted molar refractivity (Wildman–Crippen MR) is 126 cm³/mol. The molecule has 0 spiro atoms. The van der Waals surface area contributed by atoms with Gasteiger partial charge in [-0.05, 0) is 23.3 Å². The smallest absolute Gasteiger partial charge is 0.259 e. The minimum Gasteiger partial charge on any atom is -0.336 e. The maximum Gasteiger partial charge on any atom is 0.259 e. The molecule has 7 nitrogen and oxygen atoms in total. The highest BCUT2D eigenvalue weighted by atomic mass is 32.2. The number of carbonyl (C=O) groups is 1. The molecule has 32 heavy (non-hydrogen) atoms. The molecule has 1 saturated heterocycles. The minimum absolute atomic E-state index is 0.188. The van der Waals surface area contributed by atoms with Crippen LogP contribution < -0.4 is 0 Å². The van der Waals surface area contributed by atoms with Gasteiger partial charge in [0, 0.05) is 44.1 Å². The molecule has 8 heteroatoms. The normalized spacial score (nSPS) is 17.1. The maximum atomic E-state index is 13.6. The van der Waals surface area contributed by atoms with Crippen molar-refractivity contribution in [1.82, 2.24) is 19.4 Å². The van der Waals surface area contributed by atoms with Crippen LogP contribution in [-0.2, 0) is 16.8 Å². The zero-order chi connectivity index (χ0) is 22.5. The molecule has 3 aromatic rings. The Morgan fingerprint density at radius 2 is 1.91 bits per heavy atom.